The van der Waals surface area contributed by atoms with Gasteiger partial charge < -0.3 is 5.11 Å². The molecule has 0 aromatic carbocycles. The molecule has 2 rings (SSSR count). The van der Waals surface area contributed by atoms with Crippen LogP contribution in [0.5, 0.6) is 0 Å². The van der Waals surface area contributed by atoms with Gasteiger partial charge in [0.2, 0.25) is 0 Å². The normalized spacial score (nSPS) is 36.4. The Morgan fingerprint density at radius 3 is 2.82 bits per heavy atom. The molecule has 0 aromatic heterocycles. The highest BCUT2D eigenvalue weighted by molar-refractivity contribution is 5.69. The summed E-state index contributed by atoms with van der Waals surface area (Å²) in [5, 5.41) is 8.56. The molecule has 2 bridgehead atoms. The molecule has 0 radical (unpaired) electrons. The Kier molecular flexibility index (Phi) is 1.60. The number of carboxylic acids is 1. The highest BCUT2D eigenvalue weighted by atomic mass is 16.4. The molecular weight excluding hydrogens is 142 g/mol. The third-order valence-corrected chi connectivity index (χ3v) is 2.86. The summed E-state index contributed by atoms with van der Waals surface area (Å²) in [4.78, 5) is 12.5. The Morgan fingerprint density at radius 2 is 2.36 bits per heavy atom. The lowest BCUT2D eigenvalue weighted by Crippen LogP contribution is -2.36. The molecule has 2 aliphatic rings. The SMILES string of the molecule is O=C(O)CN1C[C@H]2CC[C@H]1C2. The van der Waals surface area contributed by atoms with Crippen molar-refractivity contribution in [2.24, 2.45) is 5.92 Å². The Balaban J connectivity index is 1.92. The second-order valence-electron chi connectivity index (χ2n) is 3.66. The van der Waals surface area contributed by atoms with E-state index in [4.69, 9.17) is 5.11 Å². The minimum atomic E-state index is -0.683. The number of nitrogens with zero attached hydrogens (tertiary/aromatic N) is 1. The molecule has 3 heteroatoms. The molecule has 11 heavy (non-hydrogen) atoms. The molecule has 2 fully saturated rings. The van der Waals surface area contributed by atoms with Gasteiger partial charge in [-0.2, -0.15) is 0 Å². The predicted molar refractivity (Wildman–Crippen MR) is 40.3 cm³/mol. The van der Waals surface area contributed by atoms with Crippen molar-refractivity contribution in [1.82, 2.24) is 4.90 Å². The maximum absolute atomic E-state index is 10.4. The highest BCUT2D eigenvalue weighted by Crippen LogP contribution is 2.36. The van der Waals surface area contributed by atoms with E-state index in [0.717, 1.165) is 12.5 Å². The summed E-state index contributed by atoms with van der Waals surface area (Å²) >= 11 is 0. The first-order valence-electron chi connectivity index (χ1n) is 4.21. The average Bonchev–Trinajstić information content (AvgIpc) is 2.45. The van der Waals surface area contributed by atoms with Crippen LogP contribution in [0, 0.1) is 5.92 Å². The highest BCUT2D eigenvalue weighted by Gasteiger charge is 2.38. The molecule has 1 aliphatic carbocycles. The maximum atomic E-state index is 10.4. The molecule has 0 amide bonds. The van der Waals surface area contributed by atoms with Crippen molar-refractivity contribution in [2.45, 2.75) is 25.3 Å². The number of piperidine rings is 1. The van der Waals surface area contributed by atoms with E-state index >= 15 is 0 Å². The van der Waals surface area contributed by atoms with Crippen molar-refractivity contribution in [3.63, 3.8) is 0 Å². The molecule has 0 unspecified atom stereocenters. The van der Waals surface area contributed by atoms with Gasteiger partial charge in [0.25, 0.3) is 0 Å². The van der Waals surface area contributed by atoms with Crippen LogP contribution in [0.2, 0.25) is 0 Å². The smallest absolute Gasteiger partial charge is 0.317 e. The van der Waals surface area contributed by atoms with Crippen LogP contribution in [0.4, 0.5) is 0 Å². The van der Waals surface area contributed by atoms with Crippen molar-refractivity contribution in [3.8, 4) is 0 Å². The van der Waals surface area contributed by atoms with Crippen LogP contribution in [-0.2, 0) is 4.79 Å². The first kappa shape index (κ1) is 7.10. The van der Waals surface area contributed by atoms with E-state index in [2.05, 4.69) is 4.90 Å². The van der Waals surface area contributed by atoms with Crippen LogP contribution >= 0.6 is 0 Å². The molecule has 1 N–H and O–H groups in total. The predicted octanol–water partition coefficient (Wildman–Crippen LogP) is 0.555. The third-order valence-electron chi connectivity index (χ3n) is 2.86. The van der Waals surface area contributed by atoms with E-state index in [1.807, 2.05) is 0 Å². The summed E-state index contributed by atoms with van der Waals surface area (Å²) < 4.78 is 0. The van der Waals surface area contributed by atoms with E-state index in [1.165, 1.54) is 19.3 Å². The van der Waals surface area contributed by atoms with Crippen LogP contribution in [0.1, 0.15) is 19.3 Å². The van der Waals surface area contributed by atoms with Gasteiger partial charge in [-0.25, -0.2) is 0 Å². The van der Waals surface area contributed by atoms with Crippen molar-refractivity contribution in [1.29, 1.82) is 0 Å². The molecule has 62 valence electrons. The monoisotopic (exact) mass is 155 g/mol. The third kappa shape index (κ3) is 1.25. The van der Waals surface area contributed by atoms with Gasteiger partial charge in [0.1, 0.15) is 0 Å². The minimum absolute atomic E-state index is 0.251. The van der Waals surface area contributed by atoms with Gasteiger partial charge in [-0.3, -0.25) is 9.69 Å². The Labute approximate surface area is 66.0 Å². The summed E-state index contributed by atoms with van der Waals surface area (Å²) in [5.74, 6) is 0.122. The Morgan fingerprint density at radius 1 is 1.55 bits per heavy atom. The Hall–Kier alpha value is -0.570. The van der Waals surface area contributed by atoms with Crippen molar-refractivity contribution in [3.05, 3.63) is 0 Å². The van der Waals surface area contributed by atoms with E-state index in [-0.39, 0.29) is 6.54 Å². The average molecular weight is 155 g/mol. The fourth-order valence-corrected chi connectivity index (χ4v) is 2.39. The van der Waals surface area contributed by atoms with Crippen LogP contribution in [0.25, 0.3) is 0 Å². The number of carboxylic acid groups (broad SMARTS) is 1. The van der Waals surface area contributed by atoms with E-state index in [9.17, 15) is 4.79 Å². The number of carbonyl (C=O) groups is 1. The maximum Gasteiger partial charge on any atom is 0.317 e. The Bertz CT molecular complexity index is 181. The molecule has 1 heterocycles. The first-order chi connectivity index (χ1) is 5.25. The minimum Gasteiger partial charge on any atom is -0.480 e. The summed E-state index contributed by atoms with van der Waals surface area (Å²) in [5.41, 5.74) is 0. The second kappa shape index (κ2) is 2.48. The molecule has 3 nitrogen and oxygen atoms in total. The summed E-state index contributed by atoms with van der Waals surface area (Å²) in [6, 6.07) is 0.594. The lowest BCUT2D eigenvalue weighted by Gasteiger charge is -2.24. The van der Waals surface area contributed by atoms with E-state index in [1.54, 1.807) is 0 Å². The molecule has 0 spiro atoms. The molecule has 2 atom stereocenters. The molecule has 1 aliphatic heterocycles. The van der Waals surface area contributed by atoms with Crippen LogP contribution < -0.4 is 0 Å². The molecule has 1 saturated heterocycles. The fourth-order valence-electron chi connectivity index (χ4n) is 2.39. The van der Waals surface area contributed by atoms with Crippen molar-refractivity contribution >= 4 is 5.97 Å². The lowest BCUT2D eigenvalue weighted by atomic mass is 10.1. The number of fused-ring (bicyclic) bond motifs is 2. The number of hydrogen-bond donors (Lipinski definition) is 1. The van der Waals surface area contributed by atoms with Crippen molar-refractivity contribution in [2.75, 3.05) is 13.1 Å². The van der Waals surface area contributed by atoms with Gasteiger partial charge in [-0.05, 0) is 25.2 Å². The van der Waals surface area contributed by atoms with Crippen molar-refractivity contribution < 1.29 is 9.90 Å². The van der Waals surface area contributed by atoms with Gasteiger partial charge in [-0.15, -0.1) is 0 Å². The lowest BCUT2D eigenvalue weighted by molar-refractivity contribution is -0.138. The topological polar surface area (TPSA) is 40.5 Å². The second-order valence-corrected chi connectivity index (χ2v) is 3.66. The number of hydrogen-bond acceptors (Lipinski definition) is 2. The van der Waals surface area contributed by atoms with Gasteiger partial charge in [0.05, 0.1) is 6.54 Å². The molecule has 0 aromatic rings. The standard InChI is InChI=1S/C8H13NO2/c10-8(11)5-9-4-6-1-2-7(9)3-6/h6-7H,1-5H2,(H,10,11)/t6-,7-/m0/s1. The quantitative estimate of drug-likeness (QED) is 0.633. The molecule has 1 saturated carbocycles. The summed E-state index contributed by atoms with van der Waals surface area (Å²) in [7, 11) is 0. The van der Waals surface area contributed by atoms with Crippen LogP contribution in [0.3, 0.4) is 0 Å². The largest absolute Gasteiger partial charge is 0.480 e. The zero-order valence-corrected chi connectivity index (χ0v) is 6.49. The number of likely N-dealkylation sites (tertiary alicyclic amines) is 1. The van der Waals surface area contributed by atoms with Crippen LogP contribution in [-0.4, -0.2) is 35.1 Å². The number of aliphatic carboxylic acids is 1. The fraction of sp³-hybridized carbons (Fsp3) is 0.875. The van der Waals surface area contributed by atoms with Gasteiger partial charge in [-0.1, -0.05) is 0 Å². The number of rotatable bonds is 2. The van der Waals surface area contributed by atoms with Gasteiger partial charge in [0, 0.05) is 12.6 Å². The zero-order valence-electron chi connectivity index (χ0n) is 6.49. The van der Waals surface area contributed by atoms with Gasteiger partial charge >= 0.3 is 5.97 Å². The first-order valence-corrected chi connectivity index (χ1v) is 4.21. The summed E-state index contributed by atoms with van der Waals surface area (Å²) in [6.45, 7) is 1.28. The zero-order chi connectivity index (χ0) is 7.84. The van der Waals surface area contributed by atoms with Crippen LogP contribution in [0.15, 0.2) is 0 Å². The van der Waals surface area contributed by atoms with Gasteiger partial charge in [0.15, 0.2) is 0 Å². The summed E-state index contributed by atoms with van der Waals surface area (Å²) in [6.07, 6.45) is 3.78. The van der Waals surface area contributed by atoms with E-state index < -0.39 is 5.97 Å². The van der Waals surface area contributed by atoms with E-state index in [0.29, 0.717) is 6.04 Å². The molecular formula is C8H13NO2.